The van der Waals surface area contributed by atoms with Crippen LogP contribution in [0, 0.1) is 6.92 Å². The van der Waals surface area contributed by atoms with Crippen LogP contribution in [0.15, 0.2) is 30.3 Å². The fraction of sp³-hybridized carbons (Fsp3) is 0.0909. The molecule has 6 heteroatoms. The SMILES string of the molecule is Cc1cc(OC(=O)O)n(-c2ccc(O)cc2)n1. The molecule has 2 N–H and O–H groups in total. The van der Waals surface area contributed by atoms with Gasteiger partial charge in [0.15, 0.2) is 0 Å². The largest absolute Gasteiger partial charge is 0.512 e. The Morgan fingerprint density at radius 1 is 1.35 bits per heavy atom. The van der Waals surface area contributed by atoms with E-state index in [0.29, 0.717) is 11.4 Å². The summed E-state index contributed by atoms with van der Waals surface area (Å²) in [6, 6.07) is 7.70. The maximum absolute atomic E-state index is 10.5. The third-order valence-corrected chi connectivity index (χ3v) is 2.09. The van der Waals surface area contributed by atoms with Crippen molar-refractivity contribution >= 4 is 6.16 Å². The summed E-state index contributed by atoms with van der Waals surface area (Å²) in [7, 11) is 0. The molecule has 0 amide bonds. The number of rotatable bonds is 2. The maximum atomic E-state index is 10.5. The van der Waals surface area contributed by atoms with E-state index in [1.165, 1.54) is 22.9 Å². The third-order valence-electron chi connectivity index (χ3n) is 2.09. The van der Waals surface area contributed by atoms with Gasteiger partial charge in [-0.25, -0.2) is 9.48 Å². The van der Waals surface area contributed by atoms with Crippen molar-refractivity contribution in [3.63, 3.8) is 0 Å². The van der Waals surface area contributed by atoms with E-state index in [1.54, 1.807) is 19.1 Å². The van der Waals surface area contributed by atoms with Gasteiger partial charge in [0.25, 0.3) is 0 Å². The van der Waals surface area contributed by atoms with Crippen LogP contribution in [0.2, 0.25) is 0 Å². The fourth-order valence-corrected chi connectivity index (χ4v) is 1.42. The normalized spacial score (nSPS) is 10.2. The van der Waals surface area contributed by atoms with Gasteiger partial charge >= 0.3 is 6.16 Å². The van der Waals surface area contributed by atoms with E-state index in [9.17, 15) is 4.79 Å². The zero-order valence-corrected chi connectivity index (χ0v) is 8.99. The monoisotopic (exact) mass is 234 g/mol. The average molecular weight is 234 g/mol. The minimum atomic E-state index is -1.40. The molecule has 0 atom stereocenters. The molecule has 0 fully saturated rings. The number of hydrogen-bond acceptors (Lipinski definition) is 4. The molecule has 0 unspecified atom stereocenters. The van der Waals surface area contributed by atoms with Crippen molar-refractivity contribution in [1.29, 1.82) is 0 Å². The highest BCUT2D eigenvalue weighted by Crippen LogP contribution is 2.21. The predicted molar refractivity (Wildman–Crippen MR) is 58.6 cm³/mol. The number of aromatic hydroxyl groups is 1. The Labute approximate surface area is 96.7 Å². The molecule has 2 rings (SSSR count). The van der Waals surface area contributed by atoms with Crippen molar-refractivity contribution in [1.82, 2.24) is 9.78 Å². The lowest BCUT2D eigenvalue weighted by atomic mass is 10.3. The van der Waals surface area contributed by atoms with Gasteiger partial charge in [0.05, 0.1) is 11.4 Å². The van der Waals surface area contributed by atoms with Gasteiger partial charge in [0.2, 0.25) is 5.88 Å². The molecule has 0 saturated heterocycles. The first-order chi connectivity index (χ1) is 8.06. The number of phenolic OH excluding ortho intramolecular Hbond substituents is 1. The number of carbonyl (C=O) groups is 1. The molecule has 0 saturated carbocycles. The minimum absolute atomic E-state index is 0.112. The highest BCUT2D eigenvalue weighted by atomic mass is 16.7. The Morgan fingerprint density at radius 3 is 2.59 bits per heavy atom. The Balaban J connectivity index is 2.43. The van der Waals surface area contributed by atoms with Crippen LogP contribution in [-0.4, -0.2) is 26.1 Å². The van der Waals surface area contributed by atoms with E-state index < -0.39 is 6.16 Å². The smallest absolute Gasteiger partial charge is 0.508 e. The second kappa shape index (κ2) is 4.17. The molecule has 1 aromatic heterocycles. The molecule has 88 valence electrons. The van der Waals surface area contributed by atoms with E-state index in [1.807, 2.05) is 0 Å². The summed E-state index contributed by atoms with van der Waals surface area (Å²) in [6.45, 7) is 1.73. The van der Waals surface area contributed by atoms with Crippen LogP contribution in [0.25, 0.3) is 5.69 Å². The lowest BCUT2D eigenvalue weighted by Crippen LogP contribution is -2.08. The number of aromatic nitrogens is 2. The summed E-state index contributed by atoms with van der Waals surface area (Å²) in [6.07, 6.45) is -1.40. The molecule has 0 aliphatic rings. The third kappa shape index (κ3) is 2.36. The Bertz CT molecular complexity index is 545. The molecule has 2 aromatic rings. The van der Waals surface area contributed by atoms with Crippen molar-refractivity contribution < 1.29 is 19.7 Å². The first-order valence-corrected chi connectivity index (χ1v) is 4.83. The van der Waals surface area contributed by atoms with Gasteiger partial charge in [-0.1, -0.05) is 0 Å². The molecule has 6 nitrogen and oxygen atoms in total. The van der Waals surface area contributed by atoms with Crippen molar-refractivity contribution in [3.05, 3.63) is 36.0 Å². The molecule has 0 bridgehead atoms. The quantitative estimate of drug-likeness (QED) is 0.775. The molecule has 1 aromatic carbocycles. The molecular weight excluding hydrogens is 224 g/mol. The van der Waals surface area contributed by atoms with Crippen molar-refractivity contribution in [2.45, 2.75) is 6.92 Å². The first-order valence-electron chi connectivity index (χ1n) is 4.83. The van der Waals surface area contributed by atoms with Gasteiger partial charge < -0.3 is 14.9 Å². The number of hydrogen-bond donors (Lipinski definition) is 2. The van der Waals surface area contributed by atoms with Crippen LogP contribution < -0.4 is 4.74 Å². The summed E-state index contributed by atoms with van der Waals surface area (Å²) in [4.78, 5) is 10.5. The van der Waals surface area contributed by atoms with Gasteiger partial charge in [0, 0.05) is 6.07 Å². The molecule has 0 aliphatic heterocycles. The van der Waals surface area contributed by atoms with Crippen LogP contribution in [-0.2, 0) is 0 Å². The molecule has 0 radical (unpaired) electrons. The summed E-state index contributed by atoms with van der Waals surface area (Å²) in [5.41, 5.74) is 1.24. The van der Waals surface area contributed by atoms with Gasteiger partial charge in [-0.3, -0.25) is 0 Å². The summed E-state index contributed by atoms with van der Waals surface area (Å²) >= 11 is 0. The van der Waals surface area contributed by atoms with E-state index in [2.05, 4.69) is 9.84 Å². The van der Waals surface area contributed by atoms with E-state index in [0.717, 1.165) is 0 Å². The predicted octanol–water partition coefficient (Wildman–Crippen LogP) is 1.94. The van der Waals surface area contributed by atoms with Crippen LogP contribution >= 0.6 is 0 Å². The minimum Gasteiger partial charge on any atom is -0.508 e. The van der Waals surface area contributed by atoms with Crippen LogP contribution in [0.1, 0.15) is 5.69 Å². The van der Waals surface area contributed by atoms with Gasteiger partial charge in [-0.15, -0.1) is 0 Å². The summed E-state index contributed by atoms with van der Waals surface area (Å²) in [5, 5.41) is 21.9. The fourth-order valence-electron chi connectivity index (χ4n) is 1.42. The number of benzene rings is 1. The zero-order chi connectivity index (χ0) is 12.4. The Morgan fingerprint density at radius 2 is 2.00 bits per heavy atom. The summed E-state index contributed by atoms with van der Waals surface area (Å²) < 4.78 is 5.96. The van der Waals surface area contributed by atoms with Crippen LogP contribution in [0.4, 0.5) is 4.79 Å². The van der Waals surface area contributed by atoms with E-state index in [-0.39, 0.29) is 11.6 Å². The number of carboxylic acid groups (broad SMARTS) is 1. The van der Waals surface area contributed by atoms with Crippen molar-refractivity contribution in [3.8, 4) is 17.3 Å². The first kappa shape index (κ1) is 11.0. The van der Waals surface area contributed by atoms with Gasteiger partial charge in [-0.2, -0.15) is 5.10 Å². The number of aryl methyl sites for hydroxylation is 1. The van der Waals surface area contributed by atoms with Gasteiger partial charge in [-0.05, 0) is 31.2 Å². The lowest BCUT2D eigenvalue weighted by molar-refractivity contribution is 0.141. The Hall–Kier alpha value is -2.50. The zero-order valence-electron chi connectivity index (χ0n) is 8.99. The van der Waals surface area contributed by atoms with E-state index in [4.69, 9.17) is 10.2 Å². The summed E-state index contributed by atoms with van der Waals surface area (Å²) in [5.74, 6) is 0.235. The number of nitrogens with zero attached hydrogens (tertiary/aromatic N) is 2. The second-order valence-corrected chi connectivity index (χ2v) is 3.42. The van der Waals surface area contributed by atoms with Crippen molar-refractivity contribution in [2.75, 3.05) is 0 Å². The molecular formula is C11H10N2O4. The molecule has 1 heterocycles. The van der Waals surface area contributed by atoms with Gasteiger partial charge in [0.1, 0.15) is 5.75 Å². The maximum Gasteiger partial charge on any atom is 0.512 e. The van der Waals surface area contributed by atoms with Crippen LogP contribution in [0.3, 0.4) is 0 Å². The highest BCUT2D eigenvalue weighted by molar-refractivity contribution is 5.61. The average Bonchev–Trinajstić information content (AvgIpc) is 2.59. The van der Waals surface area contributed by atoms with E-state index >= 15 is 0 Å². The lowest BCUT2D eigenvalue weighted by Gasteiger charge is -2.05. The molecule has 0 spiro atoms. The number of phenols is 1. The van der Waals surface area contributed by atoms with Crippen LogP contribution in [0.5, 0.6) is 11.6 Å². The molecule has 17 heavy (non-hydrogen) atoms. The molecule has 0 aliphatic carbocycles. The standard InChI is InChI=1S/C11H10N2O4/c1-7-6-10(17-11(15)16)13(12-7)8-2-4-9(14)5-3-8/h2-6,14H,1H3,(H,15,16). The second-order valence-electron chi connectivity index (χ2n) is 3.42. The topological polar surface area (TPSA) is 84.6 Å². The Kier molecular flexibility index (Phi) is 2.70. The highest BCUT2D eigenvalue weighted by Gasteiger charge is 2.11. The van der Waals surface area contributed by atoms with Crippen molar-refractivity contribution in [2.24, 2.45) is 0 Å². The number of ether oxygens (including phenoxy) is 1.